The molecule has 3 aromatic heterocycles. The number of aromatic nitrogens is 4. The highest BCUT2D eigenvalue weighted by molar-refractivity contribution is 6.21. The van der Waals surface area contributed by atoms with E-state index in [1.54, 1.807) is 0 Å². The summed E-state index contributed by atoms with van der Waals surface area (Å²) < 4.78 is 8.54. The quantitative estimate of drug-likeness (QED) is 0.176. The van der Waals surface area contributed by atoms with Crippen molar-refractivity contribution >= 4 is 65.3 Å². The van der Waals surface area contributed by atoms with E-state index in [-0.39, 0.29) is 0 Å². The van der Waals surface area contributed by atoms with Gasteiger partial charge in [-0.2, -0.15) is 9.97 Å². The highest BCUT2D eigenvalue weighted by Crippen LogP contribution is 2.40. The molecule has 0 fully saturated rings. The summed E-state index contributed by atoms with van der Waals surface area (Å²) in [6.45, 7) is 0. The molecule has 0 bridgehead atoms. The van der Waals surface area contributed by atoms with Crippen LogP contribution in [0.3, 0.4) is 0 Å². The molecule has 0 aliphatic rings. The number of hydrogen-bond donors (Lipinski definition) is 0. The predicted octanol–water partition coefficient (Wildman–Crippen LogP) is 13.8. The third kappa shape index (κ3) is 5.07. The zero-order valence-electron chi connectivity index (χ0n) is 31.2. The summed E-state index contributed by atoms with van der Waals surface area (Å²) in [5.41, 5.74) is 10.1. The highest BCUT2D eigenvalue weighted by Gasteiger charge is 2.20. The molecular weight excluding hydrogens is 709 g/mol. The van der Waals surface area contributed by atoms with Gasteiger partial charge in [0.25, 0.3) is 0 Å². The van der Waals surface area contributed by atoms with Crippen molar-refractivity contribution < 1.29 is 4.42 Å². The molecule has 12 rings (SSSR count). The fourth-order valence-electron chi connectivity index (χ4n) is 8.81. The van der Waals surface area contributed by atoms with E-state index in [0.717, 1.165) is 60.6 Å². The number of rotatable bonds is 5. The van der Waals surface area contributed by atoms with E-state index >= 15 is 0 Å². The Labute approximate surface area is 333 Å². The molecule has 0 saturated carbocycles. The Balaban J connectivity index is 1.10. The lowest BCUT2D eigenvalue weighted by Crippen LogP contribution is -2.06. The minimum absolute atomic E-state index is 0.549. The smallest absolute Gasteiger partial charge is 0.238 e. The van der Waals surface area contributed by atoms with E-state index in [0.29, 0.717) is 17.6 Å². The largest absolute Gasteiger partial charge is 0.456 e. The minimum Gasteiger partial charge on any atom is -0.456 e. The summed E-state index contributed by atoms with van der Waals surface area (Å²) in [4.78, 5) is 15.8. The van der Waals surface area contributed by atoms with Crippen molar-refractivity contribution in [1.29, 1.82) is 0 Å². The minimum atomic E-state index is 0.549. The molecule has 0 saturated heterocycles. The lowest BCUT2D eigenvalue weighted by atomic mass is 9.91. The van der Waals surface area contributed by atoms with E-state index < -0.39 is 0 Å². The summed E-state index contributed by atoms with van der Waals surface area (Å²) in [6.07, 6.45) is 0. The molecule has 0 radical (unpaired) electrons. The molecule has 0 N–H and O–H groups in total. The van der Waals surface area contributed by atoms with Gasteiger partial charge >= 0.3 is 0 Å². The maximum absolute atomic E-state index is 6.35. The Morgan fingerprint density at radius 1 is 0.345 bits per heavy atom. The molecule has 3 heterocycles. The first-order valence-electron chi connectivity index (χ1n) is 19.5. The van der Waals surface area contributed by atoms with Gasteiger partial charge in [0.2, 0.25) is 5.95 Å². The van der Waals surface area contributed by atoms with Crippen LogP contribution < -0.4 is 0 Å². The number of nitrogens with zero attached hydrogens (tertiary/aromatic N) is 4. The van der Waals surface area contributed by atoms with Crippen LogP contribution in [0.25, 0.3) is 116 Å². The van der Waals surface area contributed by atoms with Gasteiger partial charge in [-0.3, -0.25) is 4.57 Å². The molecular formula is C53H32N4O. The van der Waals surface area contributed by atoms with Crippen molar-refractivity contribution in [2.24, 2.45) is 0 Å². The predicted molar refractivity (Wildman–Crippen MR) is 238 cm³/mol. The first-order valence-corrected chi connectivity index (χ1v) is 19.5. The van der Waals surface area contributed by atoms with E-state index in [9.17, 15) is 0 Å². The van der Waals surface area contributed by atoms with Gasteiger partial charge < -0.3 is 4.42 Å². The Hall–Kier alpha value is -7.89. The van der Waals surface area contributed by atoms with Crippen molar-refractivity contribution in [3.05, 3.63) is 194 Å². The summed E-state index contributed by atoms with van der Waals surface area (Å²) in [5.74, 6) is 1.70. The maximum Gasteiger partial charge on any atom is 0.238 e. The van der Waals surface area contributed by atoms with Crippen molar-refractivity contribution in [2.45, 2.75) is 0 Å². The maximum atomic E-state index is 6.35. The van der Waals surface area contributed by atoms with Gasteiger partial charge in [0.05, 0.1) is 11.0 Å². The molecule has 0 aliphatic heterocycles. The summed E-state index contributed by atoms with van der Waals surface area (Å²) in [7, 11) is 0. The van der Waals surface area contributed by atoms with Crippen LogP contribution in [0.4, 0.5) is 0 Å². The normalized spacial score (nSPS) is 11.8. The zero-order chi connectivity index (χ0) is 38.2. The topological polar surface area (TPSA) is 56.7 Å². The van der Waals surface area contributed by atoms with Gasteiger partial charge in [-0.15, -0.1) is 0 Å². The van der Waals surface area contributed by atoms with Crippen LogP contribution in [0.15, 0.2) is 199 Å². The van der Waals surface area contributed by atoms with Crippen molar-refractivity contribution in [1.82, 2.24) is 19.5 Å². The van der Waals surface area contributed by atoms with Gasteiger partial charge in [0, 0.05) is 32.7 Å². The van der Waals surface area contributed by atoms with Gasteiger partial charge in [-0.25, -0.2) is 4.98 Å². The second-order valence-corrected chi connectivity index (χ2v) is 14.8. The summed E-state index contributed by atoms with van der Waals surface area (Å²) >= 11 is 0. The van der Waals surface area contributed by atoms with Crippen LogP contribution >= 0.6 is 0 Å². The average molecular weight is 741 g/mol. The standard InChI is InChI=1S/C53H32N4O/c1-2-13-33(14-3-1)39-23-11-16-35-17-12-24-41(49(35)39)36-18-10-19-37(31-36)51-54-52(38-27-29-43-42-21-7-9-26-47(42)58-48(43)32-38)56-53(55-51)57-45-25-8-6-22-44(45)50-40-20-5-4-15-34(40)28-30-46(50)57/h1-32H. The molecule has 58 heavy (non-hydrogen) atoms. The first kappa shape index (κ1) is 32.4. The van der Waals surface area contributed by atoms with Crippen molar-refractivity contribution in [3.8, 4) is 51.0 Å². The van der Waals surface area contributed by atoms with E-state index in [2.05, 4.69) is 180 Å². The highest BCUT2D eigenvalue weighted by atomic mass is 16.3. The molecule has 0 aliphatic carbocycles. The van der Waals surface area contributed by atoms with Crippen LogP contribution in [-0.2, 0) is 0 Å². The second kappa shape index (κ2) is 12.8. The van der Waals surface area contributed by atoms with E-state index in [1.807, 2.05) is 18.2 Å². The first-order chi connectivity index (χ1) is 28.7. The van der Waals surface area contributed by atoms with Gasteiger partial charge in [0.15, 0.2) is 11.6 Å². The summed E-state index contributed by atoms with van der Waals surface area (Å²) in [5, 5.41) is 9.24. The number of furan rings is 1. The Morgan fingerprint density at radius 2 is 0.966 bits per heavy atom. The molecule has 0 unspecified atom stereocenters. The molecule has 0 atom stereocenters. The zero-order valence-corrected chi connectivity index (χ0v) is 31.2. The molecule has 12 aromatic rings. The second-order valence-electron chi connectivity index (χ2n) is 14.8. The van der Waals surface area contributed by atoms with Crippen molar-refractivity contribution in [3.63, 3.8) is 0 Å². The Bertz CT molecular complexity index is 3580. The third-order valence-electron chi connectivity index (χ3n) is 11.4. The fraction of sp³-hybridized carbons (Fsp3) is 0. The number of fused-ring (bicyclic) bond motifs is 9. The van der Waals surface area contributed by atoms with E-state index in [4.69, 9.17) is 19.4 Å². The SMILES string of the molecule is c1ccc(-c2cccc3cccc(-c4cccc(-c5nc(-c6ccc7c(c6)oc6ccccc67)nc(-n6c7ccccc7c7c8ccccc8ccc76)n5)c4)c23)cc1. The van der Waals surface area contributed by atoms with Crippen LogP contribution in [0.5, 0.6) is 0 Å². The monoisotopic (exact) mass is 740 g/mol. The average Bonchev–Trinajstić information content (AvgIpc) is 3.84. The summed E-state index contributed by atoms with van der Waals surface area (Å²) in [6, 6.07) is 68.1. The molecule has 5 heteroatoms. The third-order valence-corrected chi connectivity index (χ3v) is 11.4. The number of para-hydroxylation sites is 2. The number of benzene rings is 9. The van der Waals surface area contributed by atoms with Crippen LogP contribution in [0, 0.1) is 0 Å². The molecule has 0 amide bonds. The Morgan fingerprint density at radius 3 is 1.81 bits per heavy atom. The fourth-order valence-corrected chi connectivity index (χ4v) is 8.81. The van der Waals surface area contributed by atoms with Gasteiger partial charge in [-0.05, 0) is 80.2 Å². The van der Waals surface area contributed by atoms with Gasteiger partial charge in [0.1, 0.15) is 11.2 Å². The van der Waals surface area contributed by atoms with Crippen LogP contribution in [0.1, 0.15) is 0 Å². The van der Waals surface area contributed by atoms with E-state index in [1.165, 1.54) is 38.1 Å². The molecule has 270 valence electrons. The molecule has 0 spiro atoms. The lowest BCUT2D eigenvalue weighted by Gasteiger charge is -2.14. The van der Waals surface area contributed by atoms with Crippen LogP contribution in [0.2, 0.25) is 0 Å². The number of hydrogen-bond acceptors (Lipinski definition) is 4. The lowest BCUT2D eigenvalue weighted by molar-refractivity contribution is 0.669. The van der Waals surface area contributed by atoms with Gasteiger partial charge in [-0.1, -0.05) is 158 Å². The van der Waals surface area contributed by atoms with Crippen LogP contribution in [-0.4, -0.2) is 19.5 Å². The molecule has 9 aromatic carbocycles. The van der Waals surface area contributed by atoms with Crippen molar-refractivity contribution in [2.75, 3.05) is 0 Å². The Kier molecular flexibility index (Phi) is 7.16. The molecule has 5 nitrogen and oxygen atoms in total.